The molecule has 1 aliphatic rings. The highest BCUT2D eigenvalue weighted by atomic mass is 19.1. The summed E-state index contributed by atoms with van der Waals surface area (Å²) in [5.74, 6) is -0.107. The van der Waals surface area contributed by atoms with Gasteiger partial charge in [-0.15, -0.1) is 0 Å². The van der Waals surface area contributed by atoms with Crippen molar-refractivity contribution in [2.75, 3.05) is 65.3 Å². The summed E-state index contributed by atoms with van der Waals surface area (Å²) in [7, 11) is 6.09. The van der Waals surface area contributed by atoms with Gasteiger partial charge in [0.15, 0.2) is 0 Å². The third-order valence-corrected chi connectivity index (χ3v) is 3.99. The number of benzene rings is 1. The minimum Gasteiger partial charge on any atom is -0.366 e. The third-order valence-electron chi connectivity index (χ3n) is 3.99. The Morgan fingerprint density at radius 2 is 1.90 bits per heavy atom. The lowest BCUT2D eigenvalue weighted by Crippen LogP contribution is -2.48. The number of piperazine rings is 1. The van der Waals surface area contributed by atoms with Crippen LogP contribution in [0.2, 0.25) is 0 Å². The molecular formula is C16H27FN4. The quantitative estimate of drug-likeness (QED) is 0.852. The maximum Gasteiger partial charge on any atom is 0.146 e. The van der Waals surface area contributed by atoms with Crippen molar-refractivity contribution in [3.05, 3.63) is 29.6 Å². The van der Waals surface area contributed by atoms with Gasteiger partial charge in [-0.05, 0) is 32.8 Å². The summed E-state index contributed by atoms with van der Waals surface area (Å²) in [5.41, 5.74) is 1.82. The van der Waals surface area contributed by atoms with Gasteiger partial charge < -0.3 is 15.1 Å². The van der Waals surface area contributed by atoms with Crippen LogP contribution >= 0.6 is 0 Å². The van der Waals surface area contributed by atoms with Crippen molar-refractivity contribution in [2.45, 2.75) is 6.54 Å². The number of hydrogen-bond acceptors (Lipinski definition) is 4. The molecule has 1 heterocycles. The molecule has 1 saturated heterocycles. The number of halogens is 1. The summed E-state index contributed by atoms with van der Waals surface area (Å²) >= 11 is 0. The first-order valence-corrected chi connectivity index (χ1v) is 7.66. The predicted octanol–water partition coefficient (Wildman–Crippen LogP) is 1.23. The molecule has 0 aliphatic carbocycles. The van der Waals surface area contributed by atoms with Crippen LogP contribution in [0.3, 0.4) is 0 Å². The van der Waals surface area contributed by atoms with Crippen molar-refractivity contribution in [2.24, 2.45) is 0 Å². The molecule has 0 saturated carbocycles. The Morgan fingerprint density at radius 1 is 1.19 bits per heavy atom. The van der Waals surface area contributed by atoms with E-state index >= 15 is 0 Å². The molecule has 0 atom stereocenters. The fourth-order valence-electron chi connectivity index (χ4n) is 2.78. The highest BCUT2D eigenvalue weighted by molar-refractivity contribution is 5.55. The number of nitrogens with one attached hydrogen (secondary N) is 1. The van der Waals surface area contributed by atoms with Crippen LogP contribution in [0.15, 0.2) is 18.2 Å². The van der Waals surface area contributed by atoms with Crippen LogP contribution in [0.25, 0.3) is 0 Å². The maximum atomic E-state index is 14.2. The molecule has 118 valence electrons. The predicted molar refractivity (Wildman–Crippen MR) is 86.4 cm³/mol. The number of nitrogens with zero attached hydrogens (tertiary/aromatic N) is 3. The summed E-state index contributed by atoms with van der Waals surface area (Å²) < 4.78 is 14.2. The molecule has 2 rings (SSSR count). The molecular weight excluding hydrogens is 267 g/mol. The van der Waals surface area contributed by atoms with Crippen molar-refractivity contribution >= 4 is 5.69 Å². The largest absolute Gasteiger partial charge is 0.366 e. The molecule has 0 unspecified atom stereocenters. The zero-order valence-corrected chi connectivity index (χ0v) is 13.4. The summed E-state index contributed by atoms with van der Waals surface area (Å²) in [5, 5.41) is 3.12. The third kappa shape index (κ3) is 4.40. The molecule has 1 N–H and O–H groups in total. The first kappa shape index (κ1) is 16.2. The lowest BCUT2D eigenvalue weighted by molar-refractivity contribution is 0.229. The van der Waals surface area contributed by atoms with Crippen LogP contribution < -0.4 is 10.2 Å². The fourth-order valence-corrected chi connectivity index (χ4v) is 2.78. The van der Waals surface area contributed by atoms with Gasteiger partial charge in [0.05, 0.1) is 5.69 Å². The number of rotatable bonds is 6. The smallest absolute Gasteiger partial charge is 0.146 e. The van der Waals surface area contributed by atoms with Crippen molar-refractivity contribution in [1.29, 1.82) is 0 Å². The SMILES string of the molecule is CNCc1cccc(F)c1N1CCN(CCN(C)C)CC1. The number of likely N-dealkylation sites (N-methyl/N-ethyl adjacent to an activating group) is 1. The normalized spacial score (nSPS) is 16.7. The zero-order chi connectivity index (χ0) is 15.2. The molecule has 0 aromatic heterocycles. The van der Waals surface area contributed by atoms with E-state index in [4.69, 9.17) is 0 Å². The summed E-state index contributed by atoms with van der Waals surface area (Å²) in [6.07, 6.45) is 0. The minimum absolute atomic E-state index is 0.107. The molecule has 1 fully saturated rings. The summed E-state index contributed by atoms with van der Waals surface area (Å²) in [4.78, 5) is 6.84. The first-order chi connectivity index (χ1) is 10.1. The maximum absolute atomic E-state index is 14.2. The second-order valence-corrected chi connectivity index (χ2v) is 5.91. The van der Waals surface area contributed by atoms with Crippen LogP contribution in [0.1, 0.15) is 5.56 Å². The first-order valence-electron chi connectivity index (χ1n) is 7.66. The molecule has 0 radical (unpaired) electrons. The van der Waals surface area contributed by atoms with Crippen LogP contribution in [0.4, 0.5) is 10.1 Å². The number of anilines is 1. The van der Waals surface area contributed by atoms with E-state index in [1.807, 2.05) is 13.1 Å². The average Bonchev–Trinajstić information content (AvgIpc) is 2.46. The van der Waals surface area contributed by atoms with Crippen molar-refractivity contribution < 1.29 is 4.39 Å². The Kier molecular flexibility index (Phi) is 5.96. The minimum atomic E-state index is -0.107. The lowest BCUT2D eigenvalue weighted by Gasteiger charge is -2.37. The van der Waals surface area contributed by atoms with E-state index < -0.39 is 0 Å². The van der Waals surface area contributed by atoms with Crippen LogP contribution in [-0.4, -0.2) is 70.2 Å². The molecule has 1 aromatic carbocycles. The van der Waals surface area contributed by atoms with Crippen LogP contribution in [0.5, 0.6) is 0 Å². The molecule has 1 aliphatic heterocycles. The topological polar surface area (TPSA) is 21.8 Å². The van der Waals surface area contributed by atoms with Crippen molar-refractivity contribution in [1.82, 2.24) is 15.1 Å². The molecule has 0 spiro atoms. The van der Waals surface area contributed by atoms with E-state index in [0.717, 1.165) is 50.5 Å². The van der Waals surface area contributed by atoms with Gasteiger partial charge in [-0.2, -0.15) is 0 Å². The van der Waals surface area contributed by atoms with E-state index in [-0.39, 0.29) is 5.82 Å². The Bertz CT molecular complexity index is 442. The van der Waals surface area contributed by atoms with E-state index in [0.29, 0.717) is 6.54 Å². The monoisotopic (exact) mass is 294 g/mol. The Hall–Kier alpha value is -1.17. The summed E-state index contributed by atoms with van der Waals surface area (Å²) in [6, 6.07) is 5.36. The lowest BCUT2D eigenvalue weighted by atomic mass is 10.1. The number of hydrogen-bond donors (Lipinski definition) is 1. The molecule has 0 amide bonds. The van der Waals surface area contributed by atoms with E-state index in [9.17, 15) is 4.39 Å². The second-order valence-electron chi connectivity index (χ2n) is 5.91. The van der Waals surface area contributed by atoms with Gasteiger partial charge in [0.1, 0.15) is 5.82 Å². The number of para-hydroxylation sites is 1. The molecule has 4 nitrogen and oxygen atoms in total. The van der Waals surface area contributed by atoms with E-state index in [2.05, 4.69) is 34.1 Å². The van der Waals surface area contributed by atoms with Gasteiger partial charge in [0, 0.05) is 45.8 Å². The Morgan fingerprint density at radius 3 is 2.52 bits per heavy atom. The zero-order valence-electron chi connectivity index (χ0n) is 13.4. The van der Waals surface area contributed by atoms with Gasteiger partial charge in [0.2, 0.25) is 0 Å². The van der Waals surface area contributed by atoms with Crippen molar-refractivity contribution in [3.8, 4) is 0 Å². The Labute approximate surface area is 127 Å². The molecule has 1 aromatic rings. The van der Waals surface area contributed by atoms with Crippen LogP contribution in [-0.2, 0) is 6.54 Å². The van der Waals surface area contributed by atoms with E-state index in [1.54, 1.807) is 12.1 Å². The van der Waals surface area contributed by atoms with Crippen molar-refractivity contribution in [3.63, 3.8) is 0 Å². The average molecular weight is 294 g/mol. The molecule has 21 heavy (non-hydrogen) atoms. The van der Waals surface area contributed by atoms with Gasteiger partial charge >= 0.3 is 0 Å². The standard InChI is InChI=1S/C16H27FN4/c1-18-13-14-5-4-6-15(17)16(14)21-11-9-20(10-12-21)8-7-19(2)3/h4-6,18H,7-13H2,1-3H3. The molecule has 5 heteroatoms. The van der Waals surface area contributed by atoms with Gasteiger partial charge in [-0.3, -0.25) is 4.90 Å². The van der Waals surface area contributed by atoms with Gasteiger partial charge in [-0.25, -0.2) is 4.39 Å². The van der Waals surface area contributed by atoms with Crippen LogP contribution in [0, 0.1) is 5.82 Å². The highest BCUT2D eigenvalue weighted by Gasteiger charge is 2.21. The van der Waals surface area contributed by atoms with E-state index in [1.165, 1.54) is 0 Å². The summed E-state index contributed by atoms with van der Waals surface area (Å²) in [6.45, 7) is 6.65. The molecule has 0 bridgehead atoms. The van der Waals surface area contributed by atoms with Gasteiger partial charge in [-0.1, -0.05) is 12.1 Å². The fraction of sp³-hybridized carbons (Fsp3) is 0.625. The second kappa shape index (κ2) is 7.73. The Balaban J connectivity index is 1.99. The highest BCUT2D eigenvalue weighted by Crippen LogP contribution is 2.25. The van der Waals surface area contributed by atoms with Gasteiger partial charge in [0.25, 0.3) is 0 Å².